The summed E-state index contributed by atoms with van der Waals surface area (Å²) in [7, 11) is 0. The molecule has 0 spiro atoms. The fraction of sp³-hybridized carbons (Fsp3) is 0.400. The molecule has 25 heavy (non-hydrogen) atoms. The number of carbonyl (C=O) groups excluding carboxylic acids is 2. The lowest BCUT2D eigenvalue weighted by molar-refractivity contribution is -0.146. The molecule has 0 bridgehead atoms. The Morgan fingerprint density at radius 3 is 2.20 bits per heavy atom. The number of para-hydroxylation sites is 1. The molecule has 0 atom stereocenters. The van der Waals surface area contributed by atoms with Crippen molar-refractivity contribution in [1.29, 1.82) is 0 Å². The number of hydrogen-bond acceptors (Lipinski definition) is 4. The van der Waals surface area contributed by atoms with Crippen molar-refractivity contribution in [3.8, 4) is 0 Å². The van der Waals surface area contributed by atoms with E-state index in [1.165, 1.54) is 11.3 Å². The average molecular weight is 359 g/mol. The number of carbonyl (C=O) groups is 2. The average Bonchev–Trinajstić information content (AvgIpc) is 3.05. The van der Waals surface area contributed by atoms with E-state index in [4.69, 9.17) is 4.74 Å². The van der Waals surface area contributed by atoms with Gasteiger partial charge in [0, 0.05) is 10.6 Å². The van der Waals surface area contributed by atoms with E-state index >= 15 is 0 Å². The molecule has 0 aliphatic heterocycles. The molecular weight excluding hydrogens is 334 g/mol. The van der Waals surface area contributed by atoms with Gasteiger partial charge >= 0.3 is 5.97 Å². The van der Waals surface area contributed by atoms with Crippen LogP contribution in [0.4, 0.5) is 5.69 Å². The Hall–Kier alpha value is -2.14. The topological polar surface area (TPSA) is 55.4 Å². The molecule has 0 saturated carbocycles. The number of anilines is 1. The summed E-state index contributed by atoms with van der Waals surface area (Å²) < 4.78 is 5.11. The summed E-state index contributed by atoms with van der Waals surface area (Å²) in [4.78, 5) is 25.0. The van der Waals surface area contributed by atoms with E-state index in [1.54, 1.807) is 0 Å². The van der Waals surface area contributed by atoms with Gasteiger partial charge in [0.25, 0.3) is 5.91 Å². The first-order valence-corrected chi connectivity index (χ1v) is 9.37. The van der Waals surface area contributed by atoms with Crippen molar-refractivity contribution in [2.45, 2.75) is 46.0 Å². The molecule has 1 heterocycles. The molecule has 0 fully saturated rings. The maximum absolute atomic E-state index is 12.3. The van der Waals surface area contributed by atoms with Crippen LogP contribution in [0, 0.1) is 0 Å². The quantitative estimate of drug-likeness (QED) is 0.728. The van der Waals surface area contributed by atoms with Gasteiger partial charge in [0.1, 0.15) is 0 Å². The van der Waals surface area contributed by atoms with Gasteiger partial charge < -0.3 is 10.1 Å². The number of benzene rings is 1. The van der Waals surface area contributed by atoms with Crippen LogP contribution in [0.2, 0.25) is 0 Å². The second-order valence-electron chi connectivity index (χ2n) is 6.59. The predicted octanol–water partition coefficient (Wildman–Crippen LogP) is 4.72. The number of amides is 1. The minimum absolute atomic E-state index is 0.199. The van der Waals surface area contributed by atoms with Crippen LogP contribution in [0.5, 0.6) is 0 Å². The summed E-state index contributed by atoms with van der Waals surface area (Å²) in [5.41, 5.74) is 3.01. The number of hydrogen-bond donors (Lipinski definition) is 1. The van der Waals surface area contributed by atoms with Gasteiger partial charge in [-0.25, -0.2) is 0 Å². The van der Waals surface area contributed by atoms with Crippen molar-refractivity contribution in [1.82, 2.24) is 0 Å². The van der Waals surface area contributed by atoms with Crippen molar-refractivity contribution in [3.63, 3.8) is 0 Å². The highest BCUT2D eigenvalue weighted by atomic mass is 32.1. The first-order chi connectivity index (χ1) is 11.9. The third-order valence-electron chi connectivity index (χ3n) is 3.90. The highest BCUT2D eigenvalue weighted by molar-refractivity contribution is 7.10. The Morgan fingerprint density at radius 2 is 1.68 bits per heavy atom. The number of nitrogens with one attached hydrogen (secondary N) is 1. The molecule has 0 aliphatic rings. The predicted molar refractivity (Wildman–Crippen MR) is 102 cm³/mol. The highest BCUT2D eigenvalue weighted by Gasteiger charge is 2.17. The standard InChI is InChI=1S/C20H25NO3S/c1-13(2)16-8-5-9-17(14(3)4)20(16)21-18(22)12-24-19(23)11-15-7-6-10-25-15/h5-10,13-14H,11-12H2,1-4H3,(H,21,22). The summed E-state index contributed by atoms with van der Waals surface area (Å²) in [5.74, 6) is -0.126. The molecule has 0 aliphatic carbocycles. The number of ether oxygens (including phenoxy) is 1. The molecule has 5 heteroatoms. The van der Waals surface area contributed by atoms with Crippen LogP contribution in [0.1, 0.15) is 55.5 Å². The SMILES string of the molecule is CC(C)c1cccc(C(C)C)c1NC(=O)COC(=O)Cc1cccs1. The normalized spacial score (nSPS) is 11.0. The van der Waals surface area contributed by atoms with Crippen LogP contribution in [0.3, 0.4) is 0 Å². The molecule has 0 radical (unpaired) electrons. The van der Waals surface area contributed by atoms with E-state index in [-0.39, 0.29) is 36.7 Å². The zero-order valence-electron chi connectivity index (χ0n) is 15.2. The third kappa shape index (κ3) is 5.43. The van der Waals surface area contributed by atoms with Gasteiger partial charge in [-0.3, -0.25) is 9.59 Å². The van der Waals surface area contributed by atoms with Gasteiger partial charge in [0.15, 0.2) is 6.61 Å². The summed E-state index contributed by atoms with van der Waals surface area (Å²) in [6, 6.07) is 9.82. The molecule has 0 saturated heterocycles. The molecule has 1 amide bonds. The first-order valence-electron chi connectivity index (χ1n) is 8.49. The zero-order chi connectivity index (χ0) is 18.4. The van der Waals surface area contributed by atoms with Gasteiger partial charge in [-0.05, 0) is 34.4 Å². The summed E-state index contributed by atoms with van der Waals surface area (Å²) in [6.45, 7) is 8.10. The van der Waals surface area contributed by atoms with Crippen LogP contribution in [0.25, 0.3) is 0 Å². The summed E-state index contributed by atoms with van der Waals surface area (Å²) in [6.07, 6.45) is 0.199. The molecule has 2 aromatic rings. The Labute approximate surface area is 153 Å². The Balaban J connectivity index is 2.01. The third-order valence-corrected chi connectivity index (χ3v) is 4.78. The molecule has 0 unspecified atom stereocenters. The van der Waals surface area contributed by atoms with E-state index in [0.29, 0.717) is 0 Å². The lowest BCUT2D eigenvalue weighted by atomic mass is 9.92. The largest absolute Gasteiger partial charge is 0.455 e. The first kappa shape index (κ1) is 19.2. The van der Waals surface area contributed by atoms with Crippen LogP contribution in [0.15, 0.2) is 35.7 Å². The molecule has 1 aromatic heterocycles. The van der Waals surface area contributed by atoms with Gasteiger partial charge in [-0.15, -0.1) is 11.3 Å². The van der Waals surface area contributed by atoms with Gasteiger partial charge in [-0.2, -0.15) is 0 Å². The van der Waals surface area contributed by atoms with E-state index in [1.807, 2.05) is 35.7 Å². The van der Waals surface area contributed by atoms with E-state index < -0.39 is 0 Å². The molecule has 134 valence electrons. The van der Waals surface area contributed by atoms with Crippen LogP contribution in [-0.2, 0) is 20.7 Å². The Morgan fingerprint density at radius 1 is 1.04 bits per heavy atom. The lowest BCUT2D eigenvalue weighted by Crippen LogP contribution is -2.23. The van der Waals surface area contributed by atoms with Gasteiger partial charge in [0.2, 0.25) is 0 Å². The minimum Gasteiger partial charge on any atom is -0.455 e. The maximum Gasteiger partial charge on any atom is 0.311 e. The van der Waals surface area contributed by atoms with Crippen molar-refractivity contribution in [2.75, 3.05) is 11.9 Å². The maximum atomic E-state index is 12.3. The van der Waals surface area contributed by atoms with Crippen molar-refractivity contribution in [2.24, 2.45) is 0 Å². The number of rotatable bonds is 7. The Bertz CT molecular complexity index is 694. The molecule has 1 aromatic carbocycles. The highest BCUT2D eigenvalue weighted by Crippen LogP contribution is 2.32. The molecule has 4 nitrogen and oxygen atoms in total. The van der Waals surface area contributed by atoms with Crippen LogP contribution < -0.4 is 5.32 Å². The van der Waals surface area contributed by atoms with Crippen molar-refractivity contribution >= 4 is 28.9 Å². The Kier molecular flexibility index (Phi) is 6.76. The summed E-state index contributed by atoms with van der Waals surface area (Å²) in [5, 5.41) is 4.85. The van der Waals surface area contributed by atoms with Crippen molar-refractivity contribution < 1.29 is 14.3 Å². The molecule has 1 N–H and O–H groups in total. The monoisotopic (exact) mass is 359 g/mol. The summed E-state index contributed by atoms with van der Waals surface area (Å²) >= 11 is 1.50. The fourth-order valence-corrected chi connectivity index (χ4v) is 3.31. The van der Waals surface area contributed by atoms with Crippen LogP contribution >= 0.6 is 11.3 Å². The van der Waals surface area contributed by atoms with Gasteiger partial charge in [-0.1, -0.05) is 52.0 Å². The van der Waals surface area contributed by atoms with E-state index in [9.17, 15) is 9.59 Å². The van der Waals surface area contributed by atoms with E-state index in [0.717, 1.165) is 21.7 Å². The van der Waals surface area contributed by atoms with Gasteiger partial charge in [0.05, 0.1) is 6.42 Å². The second-order valence-corrected chi connectivity index (χ2v) is 7.62. The molecule has 2 rings (SSSR count). The number of esters is 1. The van der Waals surface area contributed by atoms with E-state index in [2.05, 4.69) is 33.0 Å². The lowest BCUT2D eigenvalue weighted by Gasteiger charge is -2.20. The smallest absolute Gasteiger partial charge is 0.311 e. The minimum atomic E-state index is -0.390. The van der Waals surface area contributed by atoms with Crippen LogP contribution in [-0.4, -0.2) is 18.5 Å². The fourth-order valence-electron chi connectivity index (χ4n) is 2.62. The number of thiophene rings is 1. The van der Waals surface area contributed by atoms with Crippen molar-refractivity contribution in [3.05, 3.63) is 51.7 Å². The molecular formula is C20H25NO3S. The second kappa shape index (κ2) is 8.81. The zero-order valence-corrected chi connectivity index (χ0v) is 16.0.